The maximum atomic E-state index is 12.7. The van der Waals surface area contributed by atoms with Gasteiger partial charge in [-0.05, 0) is 93.3 Å². The highest BCUT2D eigenvalue weighted by molar-refractivity contribution is 8.18. The monoisotopic (exact) mass is 493 g/mol. The normalized spacial score (nSPS) is 21.3. The third-order valence-electron chi connectivity index (χ3n) is 6.50. The molecule has 0 spiro atoms. The Bertz CT molecular complexity index is 1150. The third-order valence-corrected chi connectivity index (χ3v) is 7.41. The highest BCUT2D eigenvalue weighted by atomic mass is 32.2. The molecule has 6 nitrogen and oxygen atoms in total. The lowest BCUT2D eigenvalue weighted by molar-refractivity contribution is -0.115. The summed E-state index contributed by atoms with van der Waals surface area (Å²) in [6.07, 6.45) is 4.07. The van der Waals surface area contributed by atoms with Gasteiger partial charge in [0.15, 0.2) is 5.17 Å². The van der Waals surface area contributed by atoms with Crippen molar-refractivity contribution in [3.63, 3.8) is 0 Å². The van der Waals surface area contributed by atoms with E-state index in [2.05, 4.69) is 55.0 Å². The van der Waals surface area contributed by atoms with Crippen LogP contribution in [0.5, 0.6) is 11.5 Å². The number of aliphatic imine (C=N–C) groups is 1. The second-order valence-corrected chi connectivity index (χ2v) is 10.7. The molecule has 2 aromatic rings. The molecule has 1 N–H and O–H groups in total. The van der Waals surface area contributed by atoms with Crippen LogP contribution in [0.2, 0.25) is 0 Å². The van der Waals surface area contributed by atoms with Gasteiger partial charge in [0.25, 0.3) is 5.91 Å². The Morgan fingerprint density at radius 2 is 1.97 bits per heavy atom. The molecule has 0 aromatic heterocycles. The van der Waals surface area contributed by atoms with E-state index in [-0.39, 0.29) is 11.4 Å². The average Bonchev–Trinajstić information content (AvgIpc) is 3.16. The van der Waals surface area contributed by atoms with E-state index >= 15 is 0 Å². The van der Waals surface area contributed by atoms with Crippen LogP contribution >= 0.6 is 11.8 Å². The number of nitrogens with one attached hydrogen (secondary N) is 1. The van der Waals surface area contributed by atoms with Crippen molar-refractivity contribution in [2.75, 3.05) is 25.2 Å². The molecule has 0 bridgehead atoms. The van der Waals surface area contributed by atoms with Gasteiger partial charge < -0.3 is 19.7 Å². The predicted molar refractivity (Wildman–Crippen MR) is 146 cm³/mol. The first-order chi connectivity index (χ1) is 16.7. The van der Waals surface area contributed by atoms with E-state index in [4.69, 9.17) is 9.47 Å². The van der Waals surface area contributed by atoms with Crippen molar-refractivity contribution in [1.29, 1.82) is 0 Å². The van der Waals surface area contributed by atoms with Gasteiger partial charge in [-0.3, -0.25) is 4.79 Å². The Kier molecular flexibility index (Phi) is 7.45. The van der Waals surface area contributed by atoms with E-state index < -0.39 is 0 Å². The van der Waals surface area contributed by atoms with Gasteiger partial charge in [-0.2, -0.15) is 0 Å². The number of hydrogen-bond acceptors (Lipinski definition) is 6. The maximum Gasteiger partial charge on any atom is 0.264 e. The van der Waals surface area contributed by atoms with E-state index in [0.717, 1.165) is 42.1 Å². The quantitative estimate of drug-likeness (QED) is 0.447. The van der Waals surface area contributed by atoms with Crippen LogP contribution < -0.4 is 19.7 Å². The van der Waals surface area contributed by atoms with Crippen molar-refractivity contribution in [2.24, 2.45) is 4.99 Å². The van der Waals surface area contributed by atoms with Gasteiger partial charge in [0.1, 0.15) is 11.5 Å². The van der Waals surface area contributed by atoms with Crippen molar-refractivity contribution in [1.82, 2.24) is 5.32 Å². The van der Waals surface area contributed by atoms with Gasteiger partial charge in [0.2, 0.25) is 0 Å². The average molecular weight is 494 g/mol. The molecule has 35 heavy (non-hydrogen) atoms. The summed E-state index contributed by atoms with van der Waals surface area (Å²) in [7, 11) is 1.69. The fourth-order valence-corrected chi connectivity index (χ4v) is 5.82. The predicted octanol–water partition coefficient (Wildman–Crippen LogP) is 6.49. The van der Waals surface area contributed by atoms with Gasteiger partial charge in [0.05, 0.1) is 24.3 Å². The molecule has 7 heteroatoms. The minimum absolute atomic E-state index is 0.0842. The molecule has 1 atom stereocenters. The molecule has 0 radical (unpaired) electrons. The number of ether oxygens (including phenoxy) is 2. The van der Waals surface area contributed by atoms with E-state index in [1.54, 1.807) is 7.11 Å². The molecule has 1 fully saturated rings. The number of methoxy groups -OCH3 is 1. The second kappa shape index (κ2) is 10.4. The van der Waals surface area contributed by atoms with Crippen LogP contribution in [0, 0.1) is 0 Å². The van der Waals surface area contributed by atoms with Crippen LogP contribution in [-0.4, -0.2) is 36.9 Å². The van der Waals surface area contributed by atoms with Crippen molar-refractivity contribution in [3.8, 4) is 11.5 Å². The van der Waals surface area contributed by atoms with Crippen LogP contribution in [0.1, 0.15) is 64.5 Å². The van der Waals surface area contributed by atoms with Gasteiger partial charge >= 0.3 is 0 Å². The second-order valence-electron chi connectivity index (χ2n) is 9.63. The van der Waals surface area contributed by atoms with Crippen LogP contribution in [0.4, 0.5) is 11.4 Å². The lowest BCUT2D eigenvalue weighted by Gasteiger charge is -2.47. The number of rotatable bonds is 7. The number of carbonyl (C=O) groups excluding carboxylic acids is 1. The zero-order valence-corrected chi connectivity index (χ0v) is 22.3. The largest absolute Gasteiger partial charge is 0.496 e. The fourth-order valence-electron chi connectivity index (χ4n) is 4.99. The van der Waals surface area contributed by atoms with E-state index in [1.807, 2.05) is 37.3 Å². The molecule has 1 amide bonds. The van der Waals surface area contributed by atoms with Crippen LogP contribution in [-0.2, 0) is 4.79 Å². The topological polar surface area (TPSA) is 63.2 Å². The number of nitrogens with zero attached hydrogens (tertiary/aromatic N) is 2. The minimum Gasteiger partial charge on any atom is -0.496 e. The Hall–Kier alpha value is -2.93. The van der Waals surface area contributed by atoms with E-state index in [9.17, 15) is 4.79 Å². The number of thioether (sulfide) groups is 1. The molecular weight excluding hydrogens is 458 g/mol. The molecule has 1 saturated heterocycles. The van der Waals surface area contributed by atoms with E-state index in [1.165, 1.54) is 23.0 Å². The number of amidine groups is 1. The standard InChI is InChI=1S/C28H35N3O3S/c1-7-13-31-23-16-24(33-6)19(14-22(23)18(3)17-28(31,4)5)15-25-26(32)30-27(35-25)29-20-9-11-21(12-10-20)34-8-2/h9-12,14-16,18H,7-8,13,17H2,1-6H3,(H,29,30,32)/b25-15+. The maximum absolute atomic E-state index is 12.7. The first-order valence-electron chi connectivity index (χ1n) is 12.3. The van der Waals surface area contributed by atoms with Gasteiger partial charge in [-0.15, -0.1) is 0 Å². The van der Waals surface area contributed by atoms with Gasteiger partial charge in [0, 0.05) is 29.4 Å². The van der Waals surface area contributed by atoms with Crippen molar-refractivity contribution < 1.29 is 14.3 Å². The molecular formula is C28H35N3O3S. The number of anilines is 1. The molecule has 2 heterocycles. The highest BCUT2D eigenvalue weighted by Crippen LogP contribution is 2.46. The van der Waals surface area contributed by atoms with E-state index in [0.29, 0.717) is 22.6 Å². The Morgan fingerprint density at radius 1 is 1.23 bits per heavy atom. The number of amides is 1. The summed E-state index contributed by atoms with van der Waals surface area (Å²) in [4.78, 5) is 20.4. The lowest BCUT2D eigenvalue weighted by Crippen LogP contribution is -2.48. The van der Waals surface area contributed by atoms with Crippen molar-refractivity contribution in [3.05, 3.63) is 52.4 Å². The summed E-state index contributed by atoms with van der Waals surface area (Å²) in [6, 6.07) is 11.8. The summed E-state index contributed by atoms with van der Waals surface area (Å²) >= 11 is 1.34. The summed E-state index contributed by atoms with van der Waals surface area (Å²) in [6.45, 7) is 12.7. The molecule has 2 aliphatic heterocycles. The summed E-state index contributed by atoms with van der Waals surface area (Å²) in [5.74, 6) is 1.83. The Labute approximate surface area is 212 Å². The van der Waals surface area contributed by atoms with Crippen LogP contribution in [0.25, 0.3) is 6.08 Å². The summed E-state index contributed by atoms with van der Waals surface area (Å²) < 4.78 is 11.3. The third kappa shape index (κ3) is 5.35. The zero-order valence-electron chi connectivity index (χ0n) is 21.5. The number of hydrogen-bond donors (Lipinski definition) is 1. The zero-order chi connectivity index (χ0) is 25.2. The minimum atomic E-state index is -0.152. The fraction of sp³-hybridized carbons (Fsp3) is 0.429. The van der Waals surface area contributed by atoms with Gasteiger partial charge in [-0.1, -0.05) is 13.8 Å². The highest BCUT2D eigenvalue weighted by Gasteiger charge is 2.36. The van der Waals surface area contributed by atoms with Crippen molar-refractivity contribution >= 4 is 40.3 Å². The molecule has 0 saturated carbocycles. The SMILES string of the molecule is CCCN1c2cc(OC)c(/C=C3/SC(=Nc4ccc(OCC)cc4)NC3=O)cc2C(C)CC1(C)C. The van der Waals surface area contributed by atoms with Crippen LogP contribution in [0.3, 0.4) is 0 Å². The Balaban J connectivity index is 1.64. The number of benzene rings is 2. The first kappa shape index (κ1) is 25.2. The molecule has 2 aromatic carbocycles. The number of fused-ring (bicyclic) bond motifs is 1. The molecule has 0 aliphatic carbocycles. The molecule has 4 rings (SSSR count). The van der Waals surface area contributed by atoms with Crippen LogP contribution in [0.15, 0.2) is 46.3 Å². The first-order valence-corrected chi connectivity index (χ1v) is 13.1. The summed E-state index contributed by atoms with van der Waals surface area (Å²) in [5, 5.41) is 3.44. The lowest BCUT2D eigenvalue weighted by atomic mass is 9.79. The Morgan fingerprint density at radius 3 is 2.63 bits per heavy atom. The molecule has 1 unspecified atom stereocenters. The summed E-state index contributed by atoms with van der Waals surface area (Å²) in [5.41, 5.74) is 4.29. The van der Waals surface area contributed by atoms with Gasteiger partial charge in [-0.25, -0.2) is 4.99 Å². The smallest absolute Gasteiger partial charge is 0.264 e. The molecule has 2 aliphatic rings. The van der Waals surface area contributed by atoms with Crippen molar-refractivity contribution in [2.45, 2.75) is 58.9 Å². The number of carbonyl (C=O) groups is 1. The molecule has 186 valence electrons.